The minimum atomic E-state index is -4.70. The van der Waals surface area contributed by atoms with E-state index in [4.69, 9.17) is 21.1 Å². The first-order valence-electron chi connectivity index (χ1n) is 8.79. The Morgan fingerprint density at radius 2 is 1.79 bits per heavy atom. The third-order valence-electron chi connectivity index (χ3n) is 4.35. The quantitative estimate of drug-likeness (QED) is 0.694. The highest BCUT2D eigenvalue weighted by Gasteiger charge is 2.34. The van der Waals surface area contributed by atoms with Gasteiger partial charge >= 0.3 is 12.1 Å². The Kier molecular flexibility index (Phi) is 6.32. The van der Waals surface area contributed by atoms with E-state index in [0.29, 0.717) is 11.8 Å². The van der Waals surface area contributed by atoms with E-state index >= 15 is 0 Å². The summed E-state index contributed by atoms with van der Waals surface area (Å²) in [5.74, 6) is -1.21. The van der Waals surface area contributed by atoms with Gasteiger partial charge in [-0.15, -0.1) is 0 Å². The first-order valence-corrected chi connectivity index (χ1v) is 9.17. The molecule has 2 aromatic rings. The Morgan fingerprint density at radius 3 is 2.55 bits per heavy atom. The van der Waals surface area contributed by atoms with E-state index in [0.717, 1.165) is 25.3 Å². The summed E-state index contributed by atoms with van der Waals surface area (Å²) in [6.45, 7) is -1.16. The molecule has 0 fully saturated rings. The molecule has 1 amide bonds. The molecule has 3 rings (SSSR count). The normalized spacial score (nSPS) is 13.0. The van der Waals surface area contributed by atoms with Crippen LogP contribution in [0, 0.1) is 0 Å². The third kappa shape index (κ3) is 5.63. The number of aryl methyl sites for hydroxylation is 2. The van der Waals surface area contributed by atoms with Crippen LogP contribution >= 0.6 is 11.6 Å². The molecule has 9 heteroatoms. The lowest BCUT2D eigenvalue weighted by atomic mass is 10.1. The molecule has 5 nitrogen and oxygen atoms in total. The highest BCUT2D eigenvalue weighted by molar-refractivity contribution is 6.30. The Hall–Kier alpha value is -2.74. The lowest BCUT2D eigenvalue weighted by Crippen LogP contribution is -2.24. The fourth-order valence-corrected chi connectivity index (χ4v) is 3.19. The number of alkyl halides is 3. The van der Waals surface area contributed by atoms with Crippen LogP contribution in [-0.4, -0.2) is 25.1 Å². The first-order chi connectivity index (χ1) is 13.7. The molecule has 0 aliphatic heterocycles. The molecule has 0 spiro atoms. The van der Waals surface area contributed by atoms with Crippen LogP contribution in [-0.2, 0) is 33.3 Å². The SMILES string of the molecule is O=C(COC(=O)COc1ccc2c(c1)CCC2)Nc1ccc(Cl)cc1C(F)(F)F. The molecule has 154 valence electrons. The number of benzene rings is 2. The summed E-state index contributed by atoms with van der Waals surface area (Å²) < 4.78 is 49.2. The summed E-state index contributed by atoms with van der Waals surface area (Å²) in [6, 6.07) is 8.50. The van der Waals surface area contributed by atoms with Crippen molar-refractivity contribution in [2.45, 2.75) is 25.4 Å². The minimum absolute atomic E-state index is 0.120. The van der Waals surface area contributed by atoms with Gasteiger partial charge in [0.1, 0.15) is 5.75 Å². The zero-order chi connectivity index (χ0) is 21.0. The van der Waals surface area contributed by atoms with Crippen LogP contribution in [0.15, 0.2) is 36.4 Å². The highest BCUT2D eigenvalue weighted by atomic mass is 35.5. The van der Waals surface area contributed by atoms with Crippen molar-refractivity contribution in [1.82, 2.24) is 0 Å². The van der Waals surface area contributed by atoms with E-state index in [1.54, 1.807) is 6.07 Å². The predicted octanol–water partition coefficient (Wildman–Crippen LogP) is 4.41. The number of fused-ring (bicyclic) bond motifs is 1. The summed E-state index contributed by atoms with van der Waals surface area (Å²) in [7, 11) is 0. The number of hydrogen-bond donors (Lipinski definition) is 1. The number of anilines is 1. The molecule has 0 radical (unpaired) electrons. The van der Waals surface area contributed by atoms with Crippen LogP contribution in [0.1, 0.15) is 23.1 Å². The number of carbonyl (C=O) groups is 2. The Labute approximate surface area is 169 Å². The highest BCUT2D eigenvalue weighted by Crippen LogP contribution is 2.36. The third-order valence-corrected chi connectivity index (χ3v) is 4.59. The fraction of sp³-hybridized carbons (Fsp3) is 0.300. The molecule has 0 bridgehead atoms. The van der Waals surface area contributed by atoms with Crippen molar-refractivity contribution in [2.75, 3.05) is 18.5 Å². The monoisotopic (exact) mass is 427 g/mol. The van der Waals surface area contributed by atoms with Gasteiger partial charge in [0, 0.05) is 5.02 Å². The number of carbonyl (C=O) groups excluding carboxylic acids is 2. The summed E-state index contributed by atoms with van der Waals surface area (Å²) in [6.07, 6.45) is -1.63. The number of amides is 1. The van der Waals surface area contributed by atoms with E-state index in [2.05, 4.69) is 5.32 Å². The van der Waals surface area contributed by atoms with Gasteiger partial charge in [0.2, 0.25) is 0 Å². The number of hydrogen-bond acceptors (Lipinski definition) is 4. The molecule has 0 heterocycles. The number of rotatable bonds is 6. The largest absolute Gasteiger partial charge is 0.482 e. The molecule has 0 saturated heterocycles. The van der Waals surface area contributed by atoms with Crippen LogP contribution in [0.5, 0.6) is 5.75 Å². The second-order valence-corrected chi connectivity index (χ2v) is 6.91. The Balaban J connectivity index is 1.49. The molecule has 0 unspecified atom stereocenters. The molecule has 2 aromatic carbocycles. The summed E-state index contributed by atoms with van der Waals surface area (Å²) in [5.41, 5.74) is 0.873. The topological polar surface area (TPSA) is 64.6 Å². The van der Waals surface area contributed by atoms with Crippen molar-refractivity contribution in [2.24, 2.45) is 0 Å². The van der Waals surface area contributed by atoms with E-state index in [1.165, 1.54) is 17.2 Å². The van der Waals surface area contributed by atoms with E-state index in [1.807, 2.05) is 12.1 Å². The molecule has 29 heavy (non-hydrogen) atoms. The summed E-state index contributed by atoms with van der Waals surface area (Å²) in [5, 5.41) is 1.95. The van der Waals surface area contributed by atoms with Gasteiger partial charge in [-0.25, -0.2) is 4.79 Å². The molecule has 1 N–H and O–H groups in total. The average Bonchev–Trinajstić information content (AvgIpc) is 3.13. The first kappa shape index (κ1) is 21.0. The van der Waals surface area contributed by atoms with Crippen molar-refractivity contribution in [3.63, 3.8) is 0 Å². The molecular formula is C20H17ClF3NO4. The van der Waals surface area contributed by atoms with Crippen LogP contribution in [0.4, 0.5) is 18.9 Å². The number of halogens is 4. The van der Waals surface area contributed by atoms with Crippen molar-refractivity contribution < 1.29 is 32.2 Å². The molecular weight excluding hydrogens is 411 g/mol. The zero-order valence-electron chi connectivity index (χ0n) is 15.1. The zero-order valence-corrected chi connectivity index (χ0v) is 15.9. The maximum Gasteiger partial charge on any atom is 0.418 e. The standard InChI is InChI=1S/C20H17ClF3NO4/c21-14-5-7-17(16(9-14)20(22,23)24)25-18(26)10-29-19(27)11-28-15-6-4-12-2-1-3-13(12)8-15/h4-9H,1-3,10-11H2,(H,25,26). The predicted molar refractivity (Wildman–Crippen MR) is 100 cm³/mol. The Bertz CT molecular complexity index is 930. The molecule has 1 aliphatic carbocycles. The van der Waals surface area contributed by atoms with Gasteiger partial charge in [-0.05, 0) is 60.7 Å². The number of ether oxygens (including phenoxy) is 2. The molecule has 1 aliphatic rings. The lowest BCUT2D eigenvalue weighted by molar-refractivity contribution is -0.149. The van der Waals surface area contributed by atoms with Gasteiger partial charge in [-0.1, -0.05) is 17.7 Å². The van der Waals surface area contributed by atoms with Crippen LogP contribution in [0.3, 0.4) is 0 Å². The van der Waals surface area contributed by atoms with Crippen LogP contribution < -0.4 is 10.1 Å². The van der Waals surface area contributed by atoms with Gasteiger partial charge < -0.3 is 14.8 Å². The number of nitrogens with one attached hydrogen (secondary N) is 1. The van der Waals surface area contributed by atoms with E-state index in [9.17, 15) is 22.8 Å². The molecule has 0 aromatic heterocycles. The average molecular weight is 428 g/mol. The lowest BCUT2D eigenvalue weighted by Gasteiger charge is -2.14. The van der Waals surface area contributed by atoms with Crippen molar-refractivity contribution in [1.29, 1.82) is 0 Å². The molecule has 0 saturated carbocycles. The van der Waals surface area contributed by atoms with Crippen molar-refractivity contribution >= 4 is 29.2 Å². The minimum Gasteiger partial charge on any atom is -0.482 e. The van der Waals surface area contributed by atoms with Crippen LogP contribution in [0.25, 0.3) is 0 Å². The second kappa shape index (κ2) is 8.73. The summed E-state index contributed by atoms with van der Waals surface area (Å²) in [4.78, 5) is 23.6. The smallest absolute Gasteiger partial charge is 0.418 e. The maximum absolute atomic E-state index is 13.0. The van der Waals surface area contributed by atoms with Gasteiger partial charge in [-0.2, -0.15) is 13.2 Å². The van der Waals surface area contributed by atoms with Crippen molar-refractivity contribution in [3.05, 3.63) is 58.1 Å². The second-order valence-electron chi connectivity index (χ2n) is 6.47. The van der Waals surface area contributed by atoms with E-state index in [-0.39, 0.29) is 5.02 Å². The summed E-state index contributed by atoms with van der Waals surface area (Å²) >= 11 is 5.58. The van der Waals surface area contributed by atoms with Crippen molar-refractivity contribution in [3.8, 4) is 5.75 Å². The van der Waals surface area contributed by atoms with Crippen LogP contribution in [0.2, 0.25) is 5.02 Å². The Morgan fingerprint density at radius 1 is 1.03 bits per heavy atom. The van der Waals surface area contributed by atoms with Gasteiger partial charge in [0.15, 0.2) is 13.2 Å². The number of esters is 1. The fourth-order valence-electron chi connectivity index (χ4n) is 3.01. The van der Waals surface area contributed by atoms with Gasteiger partial charge in [0.05, 0.1) is 11.3 Å². The molecule has 0 atom stereocenters. The van der Waals surface area contributed by atoms with Gasteiger partial charge in [0.25, 0.3) is 5.91 Å². The van der Waals surface area contributed by atoms with Gasteiger partial charge in [-0.3, -0.25) is 4.79 Å². The van der Waals surface area contributed by atoms with E-state index < -0.39 is 42.5 Å². The maximum atomic E-state index is 13.0.